The summed E-state index contributed by atoms with van der Waals surface area (Å²) < 4.78 is 0. The molecule has 0 aromatic heterocycles. The van der Waals surface area contributed by atoms with Crippen LogP contribution in [0.2, 0.25) is 0 Å². The molecule has 6 N–H and O–H groups in total. The van der Waals surface area contributed by atoms with Crippen molar-refractivity contribution in [1.82, 2.24) is 0 Å². The Morgan fingerprint density at radius 1 is 1.25 bits per heavy atom. The molecule has 0 atom stereocenters. The van der Waals surface area contributed by atoms with Crippen molar-refractivity contribution < 1.29 is 10.2 Å². The summed E-state index contributed by atoms with van der Waals surface area (Å²) >= 11 is 0. The van der Waals surface area contributed by atoms with Gasteiger partial charge in [0.2, 0.25) is 0 Å². The van der Waals surface area contributed by atoms with Gasteiger partial charge in [-0.1, -0.05) is 0 Å². The van der Waals surface area contributed by atoms with Crippen molar-refractivity contribution >= 4 is 0 Å². The van der Waals surface area contributed by atoms with Crippen molar-refractivity contribution in [3.63, 3.8) is 0 Å². The van der Waals surface area contributed by atoms with E-state index in [1.807, 2.05) is 0 Å². The van der Waals surface area contributed by atoms with Crippen LogP contribution in [0.1, 0.15) is 6.92 Å². The van der Waals surface area contributed by atoms with Crippen molar-refractivity contribution in [1.29, 1.82) is 0 Å². The van der Waals surface area contributed by atoms with Crippen LogP contribution in [0.15, 0.2) is 0 Å². The molecule has 0 bridgehead atoms. The Kier molecular flexibility index (Phi) is 13.4. The van der Waals surface area contributed by atoms with Crippen LogP contribution in [0.3, 0.4) is 0 Å². The summed E-state index contributed by atoms with van der Waals surface area (Å²) in [6.07, 6.45) is -0.167. The normalized spacial score (nSPS) is 8.25. The average Bonchev–Trinajstić information content (AvgIpc) is 1.65. The fourth-order valence-electron chi connectivity index (χ4n) is 0. The first-order chi connectivity index (χ1) is 3.65. The zero-order valence-electron chi connectivity index (χ0n) is 5.04. The van der Waals surface area contributed by atoms with E-state index in [1.165, 1.54) is 0 Å². The number of hydrogen-bond donors (Lipinski definition) is 4. The lowest BCUT2D eigenvalue weighted by Gasteiger charge is -1.83. The van der Waals surface area contributed by atoms with Crippen LogP contribution in [0.25, 0.3) is 0 Å². The number of nitrogens with two attached hydrogens (primary N) is 2. The average molecular weight is 122 g/mol. The minimum atomic E-state index is -0.167. The number of aliphatic hydroxyl groups is 2. The van der Waals surface area contributed by atoms with Gasteiger partial charge in [-0.05, 0) is 6.92 Å². The minimum absolute atomic E-state index is 0.125. The molecule has 0 rings (SSSR count). The summed E-state index contributed by atoms with van der Waals surface area (Å²) in [6, 6.07) is 0. The van der Waals surface area contributed by atoms with Crippen LogP contribution in [0.4, 0.5) is 0 Å². The molecule has 0 aromatic carbocycles. The molecular weight excluding hydrogens is 108 g/mol. The van der Waals surface area contributed by atoms with E-state index in [-0.39, 0.29) is 19.4 Å². The molecule has 0 aliphatic carbocycles. The van der Waals surface area contributed by atoms with Crippen LogP contribution in [-0.2, 0) is 0 Å². The van der Waals surface area contributed by atoms with Crippen molar-refractivity contribution in [2.24, 2.45) is 11.5 Å². The minimum Gasteiger partial charge on any atom is -0.394 e. The van der Waals surface area contributed by atoms with Crippen molar-refractivity contribution in [2.75, 3.05) is 13.2 Å². The van der Waals surface area contributed by atoms with Gasteiger partial charge in [0.15, 0.2) is 0 Å². The van der Waals surface area contributed by atoms with Crippen LogP contribution in [-0.4, -0.2) is 29.6 Å². The van der Waals surface area contributed by atoms with Gasteiger partial charge in [-0.2, -0.15) is 0 Å². The summed E-state index contributed by atoms with van der Waals surface area (Å²) in [7, 11) is 0. The lowest BCUT2D eigenvalue weighted by molar-refractivity contribution is 0.186. The van der Waals surface area contributed by atoms with Gasteiger partial charge in [0.05, 0.1) is 13.2 Å². The van der Waals surface area contributed by atoms with Crippen LogP contribution >= 0.6 is 0 Å². The summed E-state index contributed by atoms with van der Waals surface area (Å²) in [4.78, 5) is 0. The highest BCUT2D eigenvalue weighted by Crippen LogP contribution is 1.41. The van der Waals surface area contributed by atoms with E-state index in [2.05, 4.69) is 0 Å². The maximum Gasteiger partial charge on any atom is 0.0662 e. The highest BCUT2D eigenvalue weighted by Gasteiger charge is 1.66. The second-order valence-corrected chi connectivity index (χ2v) is 1.31. The zero-order chi connectivity index (χ0) is 6.99. The van der Waals surface area contributed by atoms with Gasteiger partial charge in [0.25, 0.3) is 0 Å². The third-order valence-corrected chi connectivity index (χ3v) is 0.1000. The third kappa shape index (κ3) is 194. The zero-order valence-corrected chi connectivity index (χ0v) is 5.04. The molecule has 0 unspecified atom stereocenters. The van der Waals surface area contributed by atoms with E-state index >= 15 is 0 Å². The Morgan fingerprint density at radius 2 is 1.38 bits per heavy atom. The molecule has 4 nitrogen and oxygen atoms in total. The maximum absolute atomic E-state index is 7.62. The fraction of sp³-hybridized carbons (Fsp3) is 1.00. The lowest BCUT2D eigenvalue weighted by atomic mass is 10.7. The van der Waals surface area contributed by atoms with Crippen molar-refractivity contribution in [2.45, 2.75) is 13.1 Å². The van der Waals surface area contributed by atoms with Crippen molar-refractivity contribution in [3.8, 4) is 0 Å². The van der Waals surface area contributed by atoms with E-state index in [9.17, 15) is 0 Å². The first-order valence-electron chi connectivity index (χ1n) is 2.38. The second-order valence-electron chi connectivity index (χ2n) is 1.31. The Balaban J connectivity index is 0. The molecule has 0 aliphatic rings. The smallest absolute Gasteiger partial charge is 0.0662 e. The fourth-order valence-corrected chi connectivity index (χ4v) is 0. The Hall–Kier alpha value is -0.160. The molecule has 0 heterocycles. The molecule has 0 fully saturated rings. The van der Waals surface area contributed by atoms with E-state index in [0.29, 0.717) is 0 Å². The van der Waals surface area contributed by atoms with Gasteiger partial charge in [-0.15, -0.1) is 0 Å². The van der Waals surface area contributed by atoms with Crippen LogP contribution in [0, 0.1) is 0 Å². The molecule has 0 aromatic rings. The summed E-state index contributed by atoms with van der Waals surface area (Å²) in [6.45, 7) is 1.47. The Labute approximate surface area is 49.1 Å². The predicted octanol–water partition coefficient (Wildman–Crippen LogP) is -1.78. The molecule has 0 saturated carbocycles. The maximum atomic E-state index is 7.62. The van der Waals surface area contributed by atoms with E-state index < -0.39 is 0 Å². The summed E-state index contributed by atoms with van der Waals surface area (Å²) in [5.74, 6) is 0. The molecule has 0 saturated heterocycles. The highest BCUT2D eigenvalue weighted by molar-refractivity contribution is 4.28. The lowest BCUT2D eigenvalue weighted by Crippen LogP contribution is -2.25. The molecular formula is C4H14N2O2. The van der Waals surface area contributed by atoms with Gasteiger partial charge in [0.1, 0.15) is 0 Å². The predicted molar refractivity (Wildman–Crippen MR) is 32.0 cm³/mol. The third-order valence-electron chi connectivity index (χ3n) is 0.1000. The molecule has 0 radical (unpaired) electrons. The molecule has 0 amide bonds. The molecule has 4 heteroatoms. The summed E-state index contributed by atoms with van der Waals surface area (Å²) in [5, 5.41) is 15.2. The Bertz CT molecular complexity index is 28.5. The topological polar surface area (TPSA) is 92.5 Å². The first-order valence-corrected chi connectivity index (χ1v) is 2.38. The first kappa shape index (κ1) is 10.8. The van der Waals surface area contributed by atoms with Crippen LogP contribution in [0.5, 0.6) is 0 Å². The van der Waals surface area contributed by atoms with Gasteiger partial charge in [-0.25, -0.2) is 0 Å². The van der Waals surface area contributed by atoms with E-state index in [4.69, 9.17) is 21.7 Å². The molecule has 52 valence electrons. The summed E-state index contributed by atoms with van der Waals surface area (Å²) in [5.41, 5.74) is 9.78. The van der Waals surface area contributed by atoms with E-state index in [1.54, 1.807) is 6.92 Å². The largest absolute Gasteiger partial charge is 0.394 e. The van der Waals surface area contributed by atoms with Gasteiger partial charge < -0.3 is 21.7 Å². The molecule has 8 heavy (non-hydrogen) atoms. The van der Waals surface area contributed by atoms with Crippen LogP contribution < -0.4 is 11.5 Å². The molecule has 0 spiro atoms. The Morgan fingerprint density at radius 3 is 1.38 bits per heavy atom. The second kappa shape index (κ2) is 9.96. The number of aliphatic hydroxyl groups excluding tert-OH is 2. The number of rotatable bonds is 1. The van der Waals surface area contributed by atoms with E-state index in [0.717, 1.165) is 0 Å². The quantitative estimate of drug-likeness (QED) is 0.309. The monoisotopic (exact) mass is 122 g/mol. The van der Waals surface area contributed by atoms with Crippen molar-refractivity contribution in [3.05, 3.63) is 0 Å². The van der Waals surface area contributed by atoms with Gasteiger partial charge >= 0.3 is 0 Å². The standard InChI is InChI=1S/C2H8N2.C2H6O2/c1-2(3)4;3-1-2-4/h2H,3-4H2,1H3;3-4H,1-2H2. The highest BCUT2D eigenvalue weighted by atomic mass is 16.3. The number of hydrogen-bond acceptors (Lipinski definition) is 4. The van der Waals surface area contributed by atoms with Gasteiger partial charge in [0, 0.05) is 6.17 Å². The SMILES string of the molecule is CC(N)N.OCCO. The van der Waals surface area contributed by atoms with Gasteiger partial charge in [-0.3, -0.25) is 0 Å². The molecule has 0 aliphatic heterocycles.